The van der Waals surface area contributed by atoms with E-state index >= 15 is 0 Å². The van der Waals surface area contributed by atoms with Gasteiger partial charge in [0.1, 0.15) is 5.82 Å². The number of pyridine rings is 1. The minimum absolute atomic E-state index is 0. The number of para-hydroxylation sites is 3. The van der Waals surface area contributed by atoms with Gasteiger partial charge < -0.3 is 19.1 Å². The Bertz CT molecular complexity index is 4530. The maximum absolute atomic E-state index is 10.1. The zero-order chi connectivity index (χ0) is 63.9. The molecule has 0 saturated carbocycles. The number of aromatic nitrogens is 2. The Morgan fingerprint density at radius 3 is 2.00 bits per heavy atom. The van der Waals surface area contributed by atoms with Gasteiger partial charge in [-0.3, -0.25) is 0 Å². The third kappa shape index (κ3) is 10.2. The van der Waals surface area contributed by atoms with E-state index in [9.17, 15) is 8.22 Å². The Morgan fingerprint density at radius 1 is 0.625 bits per heavy atom. The molecule has 0 N–H and O–H groups in total. The van der Waals surface area contributed by atoms with Crippen LogP contribution in [0.1, 0.15) is 137 Å². The third-order valence-corrected chi connectivity index (χ3v) is 15.9. The van der Waals surface area contributed by atoms with Crippen molar-refractivity contribution in [2.24, 2.45) is 5.92 Å². The molecule has 10 aromatic rings. The van der Waals surface area contributed by atoms with Crippen molar-refractivity contribution in [1.29, 1.82) is 0 Å². The van der Waals surface area contributed by atoms with E-state index in [1.165, 1.54) is 11.1 Å². The molecule has 5 nitrogen and oxygen atoms in total. The first-order valence-electron chi connectivity index (χ1n) is 32.5. The molecule has 0 unspecified atom stereocenters. The summed E-state index contributed by atoms with van der Waals surface area (Å²) in [7, 11) is 0. The Balaban J connectivity index is 0.00000833. The van der Waals surface area contributed by atoms with Gasteiger partial charge in [-0.2, -0.15) is 12.1 Å². The number of nitrogens with zero attached hydrogens (tertiary/aromatic N) is 4. The standard InChI is InChI=1S/C74H73N4O.Pt/c1-48(2)39-49-40-61(51-29-27-50(28-30-51)52-19-17-20-54(42-52)71(3,4)5)70(62(41-49)53-31-34-63-64(43-53)74(11,12)37-36-73(63,9)10)77-47-76(66-25-15-16-26-67(66)77)56-21-18-22-57(45-56)79-58-32-33-60-59-23-13-14-24-65(59)78(68(60)46-58)69-44-55(35-38-75-69)72(6,7)8;/h13-35,38,40-44,47-48H,36-37,39H2,1-12H3;/q-3;/i13D,14D,23D,24D,27D,28D,29D,30D,39D2;. The fraction of sp³-hybridized carbons (Fsp3) is 0.270. The summed E-state index contributed by atoms with van der Waals surface area (Å²) in [6.45, 7) is 27.3. The van der Waals surface area contributed by atoms with Crippen molar-refractivity contribution in [3.05, 3.63) is 222 Å². The average Bonchev–Trinajstić information content (AvgIpc) is 1.42. The molecular formula is C74H73N4OPt-3. The average molecular weight is 1240 g/mol. The minimum Gasteiger partial charge on any atom is -0.509 e. The van der Waals surface area contributed by atoms with Gasteiger partial charge in [0.2, 0.25) is 0 Å². The first kappa shape index (κ1) is 43.6. The number of hydrogen-bond acceptors (Lipinski definition) is 4. The molecule has 0 amide bonds. The van der Waals surface area contributed by atoms with Gasteiger partial charge >= 0.3 is 0 Å². The smallest absolute Gasteiger partial charge is 0.135 e. The minimum atomic E-state index is -1.91. The van der Waals surface area contributed by atoms with E-state index in [1.54, 1.807) is 35.0 Å². The first-order valence-corrected chi connectivity index (χ1v) is 27.5. The molecule has 0 saturated heterocycles. The number of ether oxygens (including phenoxy) is 1. The SMILES string of the molecule is [2H]c1c([2H])c(-c2cc(C([2H])([2H])C(C)C)cc(-c3ccc4c(c3)C(C)(C)CCC4(C)C)c2N2[CH-]N(c3[c-]c(Oc4[c-]c5c(cc4)c4c([2H])c([2H])c([2H])c([2H])c4n5-c4cc(C(C)(C)C)ccn4)ccc3)c3ccccc32)c([2H])c([2H])c1-c1cccc(C(C)(C)C)c1.[Pt]. The van der Waals surface area contributed by atoms with Crippen LogP contribution in [0.25, 0.3) is 61.0 Å². The number of anilines is 4. The Kier molecular flexibility index (Phi) is 11.3. The van der Waals surface area contributed by atoms with E-state index in [4.69, 9.17) is 15.2 Å². The third-order valence-electron chi connectivity index (χ3n) is 15.9. The molecule has 3 heterocycles. The van der Waals surface area contributed by atoms with Gasteiger partial charge in [-0.05, 0) is 145 Å². The molecule has 1 aliphatic carbocycles. The van der Waals surface area contributed by atoms with Crippen LogP contribution in [0.5, 0.6) is 11.5 Å². The van der Waals surface area contributed by atoms with E-state index in [0.29, 0.717) is 67.2 Å². The first-order chi connectivity index (χ1) is 41.8. The molecule has 0 radical (unpaired) electrons. The number of rotatable bonds is 10. The molecule has 80 heavy (non-hydrogen) atoms. The number of benzene rings is 8. The number of fused-ring (bicyclic) bond motifs is 5. The van der Waals surface area contributed by atoms with Gasteiger partial charge in [0.15, 0.2) is 0 Å². The Hall–Kier alpha value is -7.20. The molecule has 12 rings (SSSR count). The van der Waals surface area contributed by atoms with Crippen LogP contribution in [0.3, 0.4) is 0 Å². The normalized spacial score (nSPS) is 16.8. The van der Waals surface area contributed by atoms with Crippen molar-refractivity contribution >= 4 is 44.6 Å². The summed E-state index contributed by atoms with van der Waals surface area (Å²) in [5, 5.41) is 0.891. The zero-order valence-electron chi connectivity index (χ0n) is 57.7. The summed E-state index contributed by atoms with van der Waals surface area (Å²) in [6, 6.07) is 43.7. The van der Waals surface area contributed by atoms with Crippen LogP contribution < -0.4 is 14.5 Å². The monoisotopic (exact) mass is 1240 g/mol. The Labute approximate surface area is 504 Å². The second kappa shape index (κ2) is 20.7. The van der Waals surface area contributed by atoms with Crippen LogP contribution in [0, 0.1) is 24.7 Å². The van der Waals surface area contributed by atoms with Crippen LogP contribution >= 0.6 is 0 Å². The fourth-order valence-corrected chi connectivity index (χ4v) is 11.4. The number of hydrogen-bond donors (Lipinski definition) is 0. The maximum atomic E-state index is 10.1. The summed E-state index contributed by atoms with van der Waals surface area (Å²) >= 11 is 0. The van der Waals surface area contributed by atoms with Crippen LogP contribution in [0.15, 0.2) is 176 Å². The van der Waals surface area contributed by atoms with Gasteiger partial charge in [0.05, 0.1) is 11.0 Å². The molecule has 2 aliphatic rings. The predicted molar refractivity (Wildman–Crippen MR) is 332 cm³/mol. The molecule has 0 fully saturated rings. The topological polar surface area (TPSA) is 33.5 Å². The fourth-order valence-electron chi connectivity index (χ4n) is 11.4. The van der Waals surface area contributed by atoms with Crippen LogP contribution in [-0.2, 0) is 49.1 Å². The van der Waals surface area contributed by atoms with E-state index < -0.39 is 12.3 Å². The zero-order valence-corrected chi connectivity index (χ0v) is 50.0. The second-order valence-electron chi connectivity index (χ2n) is 25.0. The van der Waals surface area contributed by atoms with Crippen molar-refractivity contribution in [3.63, 3.8) is 0 Å². The van der Waals surface area contributed by atoms with E-state index in [0.717, 1.165) is 40.9 Å². The molecule has 0 spiro atoms. The molecule has 2 aromatic heterocycles. The summed E-state index contributed by atoms with van der Waals surface area (Å²) in [6.07, 6.45) is 1.77. The van der Waals surface area contributed by atoms with Crippen molar-refractivity contribution < 1.29 is 39.5 Å². The molecule has 6 heteroatoms. The van der Waals surface area contributed by atoms with Crippen LogP contribution in [-0.4, -0.2) is 9.55 Å². The summed E-state index contributed by atoms with van der Waals surface area (Å²) in [5.74, 6) is 0.602. The predicted octanol–water partition coefficient (Wildman–Crippen LogP) is 20.1. The molecular weight excluding hydrogens is 1160 g/mol. The summed E-state index contributed by atoms with van der Waals surface area (Å²) < 4.78 is 103. The van der Waals surface area contributed by atoms with Gasteiger partial charge in [0, 0.05) is 75.2 Å². The Morgan fingerprint density at radius 2 is 1.27 bits per heavy atom. The maximum Gasteiger partial charge on any atom is 0.135 e. The largest absolute Gasteiger partial charge is 0.509 e. The van der Waals surface area contributed by atoms with Crippen molar-refractivity contribution in [2.75, 3.05) is 9.80 Å². The molecule has 1 aliphatic heterocycles. The van der Waals surface area contributed by atoms with E-state index in [1.807, 2.05) is 109 Å². The van der Waals surface area contributed by atoms with Gasteiger partial charge in [0.25, 0.3) is 0 Å². The van der Waals surface area contributed by atoms with Crippen molar-refractivity contribution in [1.82, 2.24) is 9.55 Å². The molecule has 0 atom stereocenters. The molecule has 408 valence electrons. The van der Waals surface area contributed by atoms with Gasteiger partial charge in [-0.25, -0.2) is 4.98 Å². The summed E-state index contributed by atoms with van der Waals surface area (Å²) in [4.78, 5) is 8.75. The van der Waals surface area contributed by atoms with Gasteiger partial charge in [-0.1, -0.05) is 185 Å². The second-order valence-corrected chi connectivity index (χ2v) is 25.0. The van der Waals surface area contributed by atoms with E-state index in [2.05, 4.69) is 99.6 Å². The van der Waals surface area contributed by atoms with Crippen molar-refractivity contribution in [3.8, 4) is 50.7 Å². The van der Waals surface area contributed by atoms with Gasteiger partial charge in [-0.15, -0.1) is 48.1 Å². The van der Waals surface area contributed by atoms with Crippen LogP contribution in [0.2, 0.25) is 0 Å². The molecule has 0 bridgehead atoms. The quantitative estimate of drug-likeness (QED) is 0.128. The van der Waals surface area contributed by atoms with E-state index in [-0.39, 0.29) is 108 Å². The molecule has 8 aromatic carbocycles. The summed E-state index contributed by atoms with van der Waals surface area (Å²) in [5.41, 5.74) is 9.86. The van der Waals surface area contributed by atoms with Crippen molar-refractivity contribution in [2.45, 2.75) is 124 Å². The van der Waals surface area contributed by atoms with Crippen LogP contribution in [0.4, 0.5) is 22.7 Å².